The maximum Gasteiger partial charge on any atom is 0.271 e. The minimum atomic E-state index is -3.87. The highest BCUT2D eigenvalue weighted by Crippen LogP contribution is 2.26. The fraction of sp³-hybridized carbons (Fsp3) is 0.350. The Labute approximate surface area is 170 Å². The summed E-state index contributed by atoms with van der Waals surface area (Å²) in [6, 6.07) is 9.68. The number of hydrogen-bond donors (Lipinski definition) is 1. The van der Waals surface area contributed by atoms with Gasteiger partial charge in [0.05, 0.1) is 22.9 Å². The van der Waals surface area contributed by atoms with E-state index in [0.717, 1.165) is 33.3 Å². The second kappa shape index (κ2) is 8.60. The van der Waals surface area contributed by atoms with E-state index < -0.39 is 26.9 Å². The lowest BCUT2D eigenvalue weighted by atomic mass is 10.00. The van der Waals surface area contributed by atoms with Gasteiger partial charge in [0, 0.05) is 12.1 Å². The maximum absolute atomic E-state index is 12.9. The zero-order valence-electron chi connectivity index (χ0n) is 17.0. The third-order valence-corrected chi connectivity index (χ3v) is 5.89. The molecular formula is C20H25N3O5S. The molecule has 0 heterocycles. The molecule has 2 aromatic carbocycles. The van der Waals surface area contributed by atoms with Gasteiger partial charge in [-0.1, -0.05) is 29.8 Å². The Hall–Kier alpha value is -2.94. The van der Waals surface area contributed by atoms with Crippen molar-refractivity contribution in [1.29, 1.82) is 0 Å². The monoisotopic (exact) mass is 419 g/mol. The number of amides is 1. The first-order valence-corrected chi connectivity index (χ1v) is 10.9. The summed E-state index contributed by atoms with van der Waals surface area (Å²) in [4.78, 5) is 23.3. The van der Waals surface area contributed by atoms with E-state index in [4.69, 9.17) is 0 Å². The van der Waals surface area contributed by atoms with Crippen molar-refractivity contribution in [2.75, 3.05) is 10.6 Å². The summed E-state index contributed by atoms with van der Waals surface area (Å²) in [7, 11) is -3.87. The summed E-state index contributed by atoms with van der Waals surface area (Å²) >= 11 is 0. The lowest BCUT2D eigenvalue weighted by Crippen LogP contribution is -2.48. The molecule has 0 aliphatic heterocycles. The number of nitrogens with zero attached hydrogens (tertiary/aromatic N) is 2. The van der Waals surface area contributed by atoms with Crippen molar-refractivity contribution >= 4 is 27.3 Å². The first-order valence-electron chi connectivity index (χ1n) is 9.03. The second-order valence-electron chi connectivity index (χ2n) is 7.10. The van der Waals surface area contributed by atoms with Crippen molar-refractivity contribution in [2.45, 2.75) is 39.8 Å². The molecule has 0 aromatic heterocycles. The van der Waals surface area contributed by atoms with Crippen LogP contribution in [0, 0.1) is 24.0 Å². The summed E-state index contributed by atoms with van der Waals surface area (Å²) in [6.07, 6.45) is 0.962. The number of sulfonamides is 1. The predicted molar refractivity (Wildman–Crippen MR) is 112 cm³/mol. The van der Waals surface area contributed by atoms with E-state index in [0.29, 0.717) is 0 Å². The number of carbonyl (C=O) groups excluding carboxylic acids is 1. The van der Waals surface area contributed by atoms with E-state index in [1.54, 1.807) is 0 Å². The van der Waals surface area contributed by atoms with Crippen LogP contribution < -0.4 is 9.62 Å². The molecule has 0 saturated carbocycles. The zero-order chi connectivity index (χ0) is 21.9. The van der Waals surface area contributed by atoms with Gasteiger partial charge in [-0.25, -0.2) is 8.42 Å². The highest BCUT2D eigenvalue weighted by atomic mass is 32.2. The molecule has 0 saturated heterocycles. The first-order chi connectivity index (χ1) is 13.4. The van der Waals surface area contributed by atoms with E-state index in [-0.39, 0.29) is 17.4 Å². The van der Waals surface area contributed by atoms with Crippen LogP contribution >= 0.6 is 0 Å². The highest BCUT2D eigenvalue weighted by Gasteiger charge is 2.31. The summed E-state index contributed by atoms with van der Waals surface area (Å²) in [5, 5.41) is 13.9. The van der Waals surface area contributed by atoms with Gasteiger partial charge in [0.15, 0.2) is 0 Å². The molecule has 2 aromatic rings. The minimum absolute atomic E-state index is 0.0590. The van der Waals surface area contributed by atoms with Crippen LogP contribution in [0.2, 0.25) is 0 Å². The maximum atomic E-state index is 12.9. The molecule has 0 radical (unpaired) electrons. The van der Waals surface area contributed by atoms with Gasteiger partial charge in [0.25, 0.3) is 5.69 Å². The van der Waals surface area contributed by atoms with E-state index in [1.165, 1.54) is 25.1 Å². The average Bonchev–Trinajstić information content (AvgIpc) is 2.62. The number of nitro groups is 1. The first kappa shape index (κ1) is 22.4. The van der Waals surface area contributed by atoms with Crippen molar-refractivity contribution in [2.24, 2.45) is 0 Å². The Morgan fingerprint density at radius 3 is 2.38 bits per heavy atom. The van der Waals surface area contributed by atoms with E-state index in [1.807, 2.05) is 39.0 Å². The standard InChI is InChI=1S/C20H25N3O5S/c1-13-9-10-14(2)19(11-13)15(3)21-20(24)16(4)22(29(5,27)28)17-7-6-8-18(12-17)23(25)26/h6-12,15-16H,1-5H3,(H,21,24). The molecule has 0 aliphatic carbocycles. The fourth-order valence-electron chi connectivity index (χ4n) is 3.19. The number of carbonyl (C=O) groups is 1. The smallest absolute Gasteiger partial charge is 0.271 e. The molecule has 1 N–H and O–H groups in total. The lowest BCUT2D eigenvalue weighted by molar-refractivity contribution is -0.384. The highest BCUT2D eigenvalue weighted by molar-refractivity contribution is 7.92. The molecule has 0 spiro atoms. The predicted octanol–water partition coefficient (Wildman–Crippen LogP) is 3.24. The third-order valence-electron chi connectivity index (χ3n) is 4.64. The van der Waals surface area contributed by atoms with E-state index >= 15 is 0 Å². The quantitative estimate of drug-likeness (QED) is 0.547. The minimum Gasteiger partial charge on any atom is -0.348 e. The Kier molecular flexibility index (Phi) is 6.63. The van der Waals surface area contributed by atoms with Crippen LogP contribution in [-0.2, 0) is 14.8 Å². The SMILES string of the molecule is Cc1ccc(C)c(C(C)NC(=O)C(C)N(c2cccc([N+](=O)[O-])c2)S(C)(=O)=O)c1. The van der Waals surface area contributed by atoms with Crippen LogP contribution in [0.1, 0.15) is 36.6 Å². The number of non-ortho nitro benzene ring substituents is 1. The summed E-state index contributed by atoms with van der Waals surface area (Å²) < 4.78 is 25.7. The number of nitrogens with one attached hydrogen (secondary N) is 1. The molecule has 1 amide bonds. The number of benzene rings is 2. The van der Waals surface area contributed by atoms with Gasteiger partial charge in [-0.15, -0.1) is 0 Å². The Morgan fingerprint density at radius 1 is 1.14 bits per heavy atom. The summed E-state index contributed by atoms with van der Waals surface area (Å²) in [5.74, 6) is -0.504. The molecular weight excluding hydrogens is 394 g/mol. The molecule has 29 heavy (non-hydrogen) atoms. The molecule has 2 rings (SSSR count). The van der Waals surface area contributed by atoms with Crippen LogP contribution in [0.25, 0.3) is 0 Å². The van der Waals surface area contributed by atoms with E-state index in [2.05, 4.69) is 5.32 Å². The number of rotatable bonds is 7. The Morgan fingerprint density at radius 2 is 1.79 bits per heavy atom. The van der Waals surface area contributed by atoms with Crippen molar-refractivity contribution < 1.29 is 18.1 Å². The van der Waals surface area contributed by atoms with E-state index in [9.17, 15) is 23.3 Å². The van der Waals surface area contributed by atoms with Crippen molar-refractivity contribution in [3.05, 3.63) is 69.3 Å². The molecule has 0 fully saturated rings. The van der Waals surface area contributed by atoms with Crippen LogP contribution in [-0.4, -0.2) is 31.5 Å². The average molecular weight is 420 g/mol. The molecule has 0 bridgehead atoms. The Bertz CT molecular complexity index is 1040. The largest absolute Gasteiger partial charge is 0.348 e. The topological polar surface area (TPSA) is 110 Å². The summed E-state index contributed by atoms with van der Waals surface area (Å²) in [5.41, 5.74) is 2.80. The number of aryl methyl sites for hydroxylation is 2. The van der Waals surface area contributed by atoms with Gasteiger partial charge in [-0.2, -0.15) is 0 Å². The van der Waals surface area contributed by atoms with Crippen LogP contribution in [0.4, 0.5) is 11.4 Å². The fourth-order valence-corrected chi connectivity index (χ4v) is 4.36. The molecule has 156 valence electrons. The normalized spacial score (nSPS) is 13.4. The number of anilines is 1. The van der Waals surface area contributed by atoms with Crippen LogP contribution in [0.15, 0.2) is 42.5 Å². The molecule has 9 heteroatoms. The van der Waals surface area contributed by atoms with Gasteiger partial charge in [0.2, 0.25) is 15.9 Å². The van der Waals surface area contributed by atoms with Crippen molar-refractivity contribution in [1.82, 2.24) is 5.32 Å². The van der Waals surface area contributed by atoms with Crippen LogP contribution in [0.3, 0.4) is 0 Å². The van der Waals surface area contributed by atoms with Gasteiger partial charge in [0.1, 0.15) is 6.04 Å². The molecule has 0 aliphatic rings. The second-order valence-corrected chi connectivity index (χ2v) is 8.96. The van der Waals surface area contributed by atoms with Gasteiger partial charge in [-0.3, -0.25) is 19.2 Å². The zero-order valence-corrected chi connectivity index (χ0v) is 17.9. The molecule has 8 nitrogen and oxygen atoms in total. The number of hydrogen-bond acceptors (Lipinski definition) is 5. The Balaban J connectivity index is 2.33. The third kappa shape index (κ3) is 5.32. The number of nitro benzene ring substituents is 1. The van der Waals surface area contributed by atoms with Gasteiger partial charge >= 0.3 is 0 Å². The van der Waals surface area contributed by atoms with Crippen molar-refractivity contribution in [3.8, 4) is 0 Å². The lowest BCUT2D eigenvalue weighted by Gasteiger charge is -2.29. The van der Waals surface area contributed by atoms with Gasteiger partial charge < -0.3 is 5.32 Å². The van der Waals surface area contributed by atoms with Crippen molar-refractivity contribution in [3.63, 3.8) is 0 Å². The van der Waals surface area contributed by atoms with Gasteiger partial charge in [-0.05, 0) is 44.9 Å². The molecule has 2 unspecified atom stereocenters. The van der Waals surface area contributed by atoms with Crippen LogP contribution in [0.5, 0.6) is 0 Å². The summed E-state index contributed by atoms with van der Waals surface area (Å²) in [6.45, 7) is 7.16. The molecule has 2 atom stereocenters.